The van der Waals surface area contributed by atoms with Crippen molar-refractivity contribution in [1.29, 1.82) is 0 Å². The van der Waals surface area contributed by atoms with E-state index in [2.05, 4.69) is 34.2 Å². The van der Waals surface area contributed by atoms with Crippen molar-refractivity contribution < 1.29 is 14.6 Å². The summed E-state index contributed by atoms with van der Waals surface area (Å²) in [5.74, 6) is 1.39. The van der Waals surface area contributed by atoms with Crippen LogP contribution in [0.3, 0.4) is 0 Å². The van der Waals surface area contributed by atoms with Crippen molar-refractivity contribution in [2.24, 2.45) is 7.05 Å². The summed E-state index contributed by atoms with van der Waals surface area (Å²) in [5, 5.41) is 14.7. The molecule has 1 unspecified atom stereocenters. The Kier molecular flexibility index (Phi) is 9.84. The smallest absolute Gasteiger partial charge is 0.161 e. The number of rotatable bonds is 11. The number of nitrogens with zero attached hydrogens (tertiary/aromatic N) is 4. The molecule has 2 aromatic rings. The van der Waals surface area contributed by atoms with Crippen molar-refractivity contribution in [3.05, 3.63) is 41.7 Å². The maximum absolute atomic E-state index is 10.5. The van der Waals surface area contributed by atoms with Crippen molar-refractivity contribution >= 4 is 0 Å². The van der Waals surface area contributed by atoms with Crippen LogP contribution in [0.5, 0.6) is 11.5 Å². The summed E-state index contributed by atoms with van der Waals surface area (Å²) in [7, 11) is 5.72. The van der Waals surface area contributed by atoms with Gasteiger partial charge >= 0.3 is 0 Å². The highest BCUT2D eigenvalue weighted by Gasteiger charge is 2.15. The number of hydrogen-bond acceptors (Lipinski definition) is 6. The molecule has 0 aliphatic carbocycles. The van der Waals surface area contributed by atoms with Crippen molar-refractivity contribution in [1.82, 2.24) is 19.6 Å². The standard InChI is InChI=1S/C25H40N4O3/c1-27(14-11-22-16-26-28(2)18-22)17-21-9-10-24(25(15-21)31-3)32-20-23(30)19-29-12-7-5-4-6-8-13-29/h9-10,15-16,18,23,30H,4-8,11-14,17,19-20H2,1-3H3. The highest BCUT2D eigenvalue weighted by atomic mass is 16.5. The number of benzene rings is 1. The fourth-order valence-corrected chi connectivity index (χ4v) is 4.27. The molecule has 3 rings (SSSR count). The Labute approximate surface area is 192 Å². The van der Waals surface area contributed by atoms with Gasteiger partial charge in [0.25, 0.3) is 0 Å². The largest absolute Gasteiger partial charge is 0.493 e. The molecular weight excluding hydrogens is 404 g/mol. The van der Waals surface area contributed by atoms with Gasteiger partial charge in [-0.05, 0) is 62.7 Å². The van der Waals surface area contributed by atoms with E-state index in [9.17, 15) is 5.11 Å². The summed E-state index contributed by atoms with van der Waals surface area (Å²) in [6.07, 6.45) is 10.8. The van der Waals surface area contributed by atoms with Gasteiger partial charge in [-0.2, -0.15) is 5.10 Å². The first-order valence-electron chi connectivity index (χ1n) is 11.9. The zero-order valence-electron chi connectivity index (χ0n) is 20.0. The molecule has 7 nitrogen and oxygen atoms in total. The Morgan fingerprint density at radius 3 is 2.53 bits per heavy atom. The van der Waals surface area contributed by atoms with Gasteiger partial charge in [0.2, 0.25) is 0 Å². The number of aliphatic hydroxyl groups excluding tert-OH is 1. The minimum Gasteiger partial charge on any atom is -0.493 e. The predicted molar refractivity (Wildman–Crippen MR) is 127 cm³/mol. The minimum absolute atomic E-state index is 0.275. The number of hydrogen-bond donors (Lipinski definition) is 1. The molecule has 32 heavy (non-hydrogen) atoms. The maximum Gasteiger partial charge on any atom is 0.161 e. The Bertz CT molecular complexity index is 802. The van der Waals surface area contributed by atoms with E-state index >= 15 is 0 Å². The number of aromatic nitrogens is 2. The van der Waals surface area contributed by atoms with E-state index in [0.717, 1.165) is 32.6 Å². The van der Waals surface area contributed by atoms with E-state index < -0.39 is 6.10 Å². The molecule has 0 saturated carbocycles. The van der Waals surface area contributed by atoms with Crippen molar-refractivity contribution in [3.63, 3.8) is 0 Å². The fourth-order valence-electron chi connectivity index (χ4n) is 4.27. The zero-order chi connectivity index (χ0) is 22.8. The van der Waals surface area contributed by atoms with Crippen molar-refractivity contribution in [2.75, 3.05) is 46.9 Å². The molecule has 1 aliphatic heterocycles. The van der Waals surface area contributed by atoms with Gasteiger partial charge in [0.15, 0.2) is 11.5 Å². The van der Waals surface area contributed by atoms with Gasteiger partial charge in [-0.15, -0.1) is 0 Å². The lowest BCUT2D eigenvalue weighted by Crippen LogP contribution is -2.37. The molecule has 1 saturated heterocycles. The molecule has 1 fully saturated rings. The lowest BCUT2D eigenvalue weighted by Gasteiger charge is -2.26. The number of β-amino-alcohol motifs (C(OH)–C–C–N with tert-alkyl or cyclic N) is 1. The van der Waals surface area contributed by atoms with Crippen LogP contribution >= 0.6 is 0 Å². The zero-order valence-corrected chi connectivity index (χ0v) is 20.0. The molecule has 1 N–H and O–H groups in total. The highest BCUT2D eigenvalue weighted by Crippen LogP contribution is 2.28. The second kappa shape index (κ2) is 12.8. The van der Waals surface area contributed by atoms with Gasteiger partial charge < -0.3 is 24.4 Å². The van der Waals surface area contributed by atoms with Gasteiger partial charge in [-0.1, -0.05) is 25.3 Å². The van der Waals surface area contributed by atoms with E-state index in [1.807, 2.05) is 30.1 Å². The van der Waals surface area contributed by atoms with Gasteiger partial charge in [-0.3, -0.25) is 4.68 Å². The molecule has 0 spiro atoms. The summed E-state index contributed by atoms with van der Waals surface area (Å²) in [6.45, 7) is 4.87. The van der Waals surface area contributed by atoms with Crippen molar-refractivity contribution in [3.8, 4) is 11.5 Å². The molecule has 0 bridgehead atoms. The van der Waals surface area contributed by atoms with Crippen molar-refractivity contribution in [2.45, 2.75) is 51.2 Å². The maximum atomic E-state index is 10.5. The average Bonchev–Trinajstić information content (AvgIpc) is 3.18. The molecule has 1 aromatic heterocycles. The molecule has 0 radical (unpaired) electrons. The minimum atomic E-state index is -0.502. The number of aryl methyl sites for hydroxylation is 1. The second-order valence-electron chi connectivity index (χ2n) is 9.03. The van der Waals surface area contributed by atoms with Gasteiger partial charge in [0, 0.05) is 32.9 Å². The van der Waals surface area contributed by atoms with Crippen LogP contribution in [0.15, 0.2) is 30.6 Å². The third-order valence-corrected chi connectivity index (χ3v) is 6.07. The summed E-state index contributed by atoms with van der Waals surface area (Å²) in [4.78, 5) is 4.66. The average molecular weight is 445 g/mol. The lowest BCUT2D eigenvalue weighted by molar-refractivity contribution is 0.0645. The fraction of sp³-hybridized carbons (Fsp3) is 0.640. The topological polar surface area (TPSA) is 63.0 Å². The van der Waals surface area contributed by atoms with Crippen LogP contribution in [0.25, 0.3) is 0 Å². The van der Waals surface area contributed by atoms with Crippen LogP contribution in [-0.2, 0) is 20.0 Å². The quantitative estimate of drug-likeness (QED) is 0.575. The number of likely N-dealkylation sites (tertiary alicyclic amines) is 1. The number of aliphatic hydroxyl groups is 1. The van der Waals surface area contributed by atoms with Crippen LogP contribution in [0.1, 0.15) is 43.2 Å². The molecule has 1 atom stereocenters. The number of ether oxygens (including phenoxy) is 2. The van der Waals surface area contributed by atoms with Crippen LogP contribution < -0.4 is 9.47 Å². The molecular formula is C25H40N4O3. The second-order valence-corrected chi connectivity index (χ2v) is 9.03. The molecule has 2 heterocycles. The number of likely N-dealkylation sites (N-methyl/N-ethyl adjacent to an activating group) is 1. The predicted octanol–water partition coefficient (Wildman–Crippen LogP) is 3.11. The SMILES string of the molecule is COc1cc(CN(C)CCc2cnn(C)c2)ccc1OCC(O)CN1CCCCCCC1. The Hall–Kier alpha value is -2.09. The molecule has 7 heteroatoms. The van der Waals surface area contributed by atoms with Gasteiger partial charge in [0.05, 0.1) is 13.3 Å². The molecule has 1 aromatic carbocycles. The van der Waals surface area contributed by atoms with Crippen LogP contribution in [-0.4, -0.2) is 77.7 Å². The normalized spacial score (nSPS) is 16.5. The monoisotopic (exact) mass is 444 g/mol. The number of methoxy groups -OCH3 is 1. The summed E-state index contributed by atoms with van der Waals surface area (Å²) < 4.78 is 13.3. The molecule has 178 valence electrons. The van der Waals surface area contributed by atoms with Crippen LogP contribution in [0, 0.1) is 0 Å². The summed E-state index contributed by atoms with van der Waals surface area (Å²) in [5.41, 5.74) is 2.42. The van der Waals surface area contributed by atoms with Gasteiger partial charge in [0.1, 0.15) is 12.7 Å². The lowest BCUT2D eigenvalue weighted by atomic mass is 10.1. The first-order valence-corrected chi connectivity index (χ1v) is 11.9. The Morgan fingerprint density at radius 2 is 1.84 bits per heavy atom. The van der Waals surface area contributed by atoms with E-state index in [1.54, 1.807) is 7.11 Å². The van der Waals surface area contributed by atoms with E-state index in [4.69, 9.17) is 9.47 Å². The van der Waals surface area contributed by atoms with E-state index in [0.29, 0.717) is 18.0 Å². The Balaban J connectivity index is 1.46. The summed E-state index contributed by atoms with van der Waals surface area (Å²) in [6, 6.07) is 6.05. The van der Waals surface area contributed by atoms with Gasteiger partial charge in [-0.25, -0.2) is 0 Å². The third-order valence-electron chi connectivity index (χ3n) is 6.07. The first kappa shape index (κ1) is 24.6. The molecule has 1 aliphatic rings. The summed E-state index contributed by atoms with van der Waals surface area (Å²) >= 11 is 0. The van der Waals surface area contributed by atoms with Crippen LogP contribution in [0.2, 0.25) is 0 Å². The third kappa shape index (κ3) is 8.11. The Morgan fingerprint density at radius 1 is 1.09 bits per heavy atom. The first-order chi connectivity index (χ1) is 15.5. The highest BCUT2D eigenvalue weighted by molar-refractivity contribution is 5.43. The molecule has 0 amide bonds. The van der Waals surface area contributed by atoms with E-state index in [1.165, 1.54) is 43.2 Å². The van der Waals surface area contributed by atoms with Crippen LogP contribution in [0.4, 0.5) is 0 Å². The van der Waals surface area contributed by atoms with E-state index in [-0.39, 0.29) is 6.61 Å².